The van der Waals surface area contributed by atoms with Gasteiger partial charge in [0.25, 0.3) is 0 Å². The molecule has 0 bridgehead atoms. The fraction of sp³-hybridized carbons (Fsp3) is 0.714. The largest absolute Gasteiger partial charge is 0.463 e. The van der Waals surface area contributed by atoms with Crippen LogP contribution in [0.1, 0.15) is 6.92 Å². The van der Waals surface area contributed by atoms with Crippen molar-refractivity contribution in [3.8, 4) is 6.07 Å². The van der Waals surface area contributed by atoms with Gasteiger partial charge in [-0.25, -0.2) is 4.79 Å². The van der Waals surface area contributed by atoms with E-state index in [1.807, 2.05) is 0 Å². The van der Waals surface area contributed by atoms with Crippen molar-refractivity contribution in [2.75, 3.05) is 6.61 Å². The molecule has 0 aromatic rings. The molecule has 0 amide bonds. The monoisotopic (exact) mass is 297 g/mol. The van der Waals surface area contributed by atoms with Crippen LogP contribution in [0.25, 0.3) is 0 Å². The predicted octanol–water partition coefficient (Wildman–Crippen LogP) is 4.05. The molecule has 0 atom stereocenters. The lowest BCUT2D eigenvalue weighted by Crippen LogP contribution is -2.26. The minimum absolute atomic E-state index is 0.292. The Morgan fingerprint density at radius 2 is 1.53 bits per heavy atom. The molecule has 0 aliphatic rings. The van der Waals surface area contributed by atoms with Crippen molar-refractivity contribution in [2.45, 2.75) is 58.3 Å². The van der Waals surface area contributed by atoms with Crippen LogP contribution in [-0.2, 0) is 9.53 Å². The maximum Gasteiger partial charge on any atom is 0.334 e. The van der Waals surface area contributed by atoms with Crippen LogP contribution in [0.3, 0.4) is 0 Å². The van der Waals surface area contributed by atoms with Crippen LogP contribution in [0.15, 0.2) is 11.1 Å². The molecule has 0 aliphatic heterocycles. The summed E-state index contributed by atoms with van der Waals surface area (Å²) in [4.78, 5) is 12.1. The second-order valence-electron chi connectivity index (χ2n) is 7.26. The Balaban J connectivity index is 5.50. The molecular formula is C14H27NO2Si2. The summed E-state index contributed by atoms with van der Waals surface area (Å²) in [5.41, 5.74) is 1.28. The molecule has 0 spiro atoms. The Labute approximate surface area is 119 Å². The Hall–Kier alpha value is -0.866. The highest BCUT2D eigenvalue weighted by atomic mass is 28.3. The van der Waals surface area contributed by atoms with Gasteiger partial charge in [-0.05, 0) is 19.0 Å². The van der Waals surface area contributed by atoms with E-state index in [0.29, 0.717) is 17.8 Å². The second kappa shape index (κ2) is 7.06. The Morgan fingerprint density at radius 3 is 1.84 bits per heavy atom. The smallest absolute Gasteiger partial charge is 0.334 e. The Bertz CT molecular complexity index is 395. The van der Waals surface area contributed by atoms with Crippen LogP contribution in [-0.4, -0.2) is 28.7 Å². The van der Waals surface area contributed by atoms with Gasteiger partial charge in [0.15, 0.2) is 0 Å². The minimum Gasteiger partial charge on any atom is -0.463 e. The molecule has 0 N–H and O–H groups in total. The van der Waals surface area contributed by atoms with Crippen LogP contribution in [0, 0.1) is 11.3 Å². The van der Waals surface area contributed by atoms with Crippen molar-refractivity contribution in [1.82, 2.24) is 0 Å². The summed E-state index contributed by atoms with van der Waals surface area (Å²) >= 11 is 0. The number of ether oxygens (including phenoxy) is 1. The van der Waals surface area contributed by atoms with Gasteiger partial charge in [0.1, 0.15) is 0 Å². The number of nitriles is 1. The summed E-state index contributed by atoms with van der Waals surface area (Å²) in [6.07, 6.45) is 0. The van der Waals surface area contributed by atoms with Gasteiger partial charge in [0.05, 0.1) is 12.7 Å². The Kier molecular flexibility index (Phi) is 6.74. The maximum absolute atomic E-state index is 12.1. The molecule has 19 heavy (non-hydrogen) atoms. The van der Waals surface area contributed by atoms with Gasteiger partial charge in [-0.15, -0.1) is 0 Å². The molecule has 108 valence electrons. The van der Waals surface area contributed by atoms with Gasteiger partial charge in [0.2, 0.25) is 0 Å². The molecule has 0 aromatic heterocycles. The first-order valence-corrected chi connectivity index (χ1v) is 14.2. The number of carbonyl (C=O) groups excluding carboxylic acids is 1. The highest BCUT2D eigenvalue weighted by Gasteiger charge is 2.27. The number of esters is 1. The molecule has 3 nitrogen and oxygen atoms in total. The van der Waals surface area contributed by atoms with Crippen molar-refractivity contribution in [3.63, 3.8) is 0 Å². The summed E-state index contributed by atoms with van der Waals surface area (Å²) < 4.78 is 5.14. The molecule has 0 rings (SSSR count). The van der Waals surface area contributed by atoms with Gasteiger partial charge in [-0.1, -0.05) is 39.3 Å². The summed E-state index contributed by atoms with van der Waals surface area (Å²) in [5.74, 6) is -0.292. The maximum atomic E-state index is 12.1. The molecule has 0 heterocycles. The molecule has 0 saturated carbocycles. The molecular weight excluding hydrogens is 270 g/mol. The van der Waals surface area contributed by atoms with Crippen molar-refractivity contribution in [2.24, 2.45) is 0 Å². The SMILES string of the molecule is CCOC(=O)/C(C[Si](C)(C)C)=C(\C#N)C[Si](C)(C)C. The first-order valence-electron chi connectivity index (χ1n) is 6.79. The molecule has 0 aliphatic carbocycles. The number of carbonyl (C=O) groups is 1. The zero-order valence-corrected chi connectivity index (χ0v) is 15.4. The van der Waals surface area contributed by atoms with E-state index in [-0.39, 0.29) is 5.97 Å². The quantitative estimate of drug-likeness (QED) is 0.322. The van der Waals surface area contributed by atoms with Crippen molar-refractivity contribution < 1.29 is 9.53 Å². The minimum atomic E-state index is -1.46. The van der Waals surface area contributed by atoms with Crippen molar-refractivity contribution in [3.05, 3.63) is 11.1 Å². The zero-order valence-electron chi connectivity index (χ0n) is 13.4. The lowest BCUT2D eigenvalue weighted by atomic mass is 10.2. The number of rotatable bonds is 6. The van der Waals surface area contributed by atoms with E-state index in [1.54, 1.807) is 6.92 Å². The lowest BCUT2D eigenvalue weighted by molar-refractivity contribution is -0.138. The van der Waals surface area contributed by atoms with E-state index in [2.05, 4.69) is 45.4 Å². The highest BCUT2D eigenvalue weighted by molar-refractivity contribution is 6.77. The second-order valence-corrected chi connectivity index (χ2v) is 18.2. The normalized spacial score (nSPS) is 13.6. The molecule has 0 fully saturated rings. The predicted molar refractivity (Wildman–Crippen MR) is 85.6 cm³/mol. The summed E-state index contributed by atoms with van der Waals surface area (Å²) in [6.45, 7) is 15.4. The van der Waals surface area contributed by atoms with Crippen molar-refractivity contribution >= 4 is 22.1 Å². The van der Waals surface area contributed by atoms with Crippen LogP contribution < -0.4 is 0 Å². The van der Waals surface area contributed by atoms with Crippen molar-refractivity contribution in [1.29, 1.82) is 5.26 Å². The van der Waals surface area contributed by atoms with E-state index >= 15 is 0 Å². The van der Waals surface area contributed by atoms with Crippen LogP contribution in [0.5, 0.6) is 0 Å². The van der Waals surface area contributed by atoms with E-state index in [4.69, 9.17) is 4.74 Å². The van der Waals surface area contributed by atoms with E-state index in [0.717, 1.165) is 12.1 Å². The molecule has 0 unspecified atom stereocenters. The summed E-state index contributed by atoms with van der Waals surface area (Å²) in [5, 5.41) is 9.40. The number of hydrogen-bond acceptors (Lipinski definition) is 3. The van der Waals surface area contributed by atoms with Gasteiger partial charge in [-0.2, -0.15) is 5.26 Å². The zero-order chi connectivity index (χ0) is 15.3. The molecule has 0 radical (unpaired) electrons. The fourth-order valence-corrected chi connectivity index (χ4v) is 4.57. The number of nitrogens with zero attached hydrogens (tertiary/aromatic N) is 1. The Morgan fingerprint density at radius 1 is 1.05 bits per heavy atom. The van der Waals surface area contributed by atoms with Crippen LogP contribution >= 0.6 is 0 Å². The first kappa shape index (κ1) is 18.1. The molecule has 5 heteroatoms. The standard InChI is InChI=1S/C14H27NO2Si2/c1-8-17-14(16)13(11-19(5,6)7)12(9-15)10-18(2,3)4/h8,10-11H2,1-7H3/b13-12+. The van der Waals surface area contributed by atoms with Gasteiger partial charge in [0, 0.05) is 27.3 Å². The number of hydrogen-bond donors (Lipinski definition) is 0. The van der Waals surface area contributed by atoms with E-state index in [9.17, 15) is 10.1 Å². The molecule has 0 saturated heterocycles. The molecule has 0 aromatic carbocycles. The van der Waals surface area contributed by atoms with Gasteiger partial charge in [-0.3, -0.25) is 0 Å². The lowest BCUT2D eigenvalue weighted by Gasteiger charge is -2.21. The average Bonchev–Trinajstić information content (AvgIpc) is 2.20. The fourth-order valence-electron chi connectivity index (χ4n) is 1.79. The third kappa shape index (κ3) is 8.01. The van der Waals surface area contributed by atoms with E-state index < -0.39 is 16.1 Å². The number of allylic oxidation sites excluding steroid dienone is 1. The third-order valence-corrected chi connectivity index (χ3v) is 5.26. The first-order chi connectivity index (χ1) is 8.50. The topological polar surface area (TPSA) is 50.1 Å². The van der Waals surface area contributed by atoms with E-state index in [1.165, 1.54) is 0 Å². The summed E-state index contributed by atoms with van der Waals surface area (Å²) in [7, 11) is -2.88. The third-order valence-electron chi connectivity index (χ3n) is 2.44. The van der Waals surface area contributed by atoms with Gasteiger partial charge < -0.3 is 4.74 Å². The van der Waals surface area contributed by atoms with Crippen LogP contribution in [0.2, 0.25) is 51.4 Å². The summed E-state index contributed by atoms with van der Waals surface area (Å²) in [6, 6.07) is 3.73. The van der Waals surface area contributed by atoms with Crippen LogP contribution in [0.4, 0.5) is 0 Å². The average molecular weight is 298 g/mol. The highest BCUT2D eigenvalue weighted by Crippen LogP contribution is 2.26. The van der Waals surface area contributed by atoms with Gasteiger partial charge >= 0.3 is 5.97 Å².